The molecule has 0 atom stereocenters. The van der Waals surface area contributed by atoms with Crippen molar-refractivity contribution >= 4 is 16.9 Å². The quantitative estimate of drug-likeness (QED) is 0.273. The lowest BCUT2D eigenvalue weighted by atomic mass is 10.0. The number of carbonyl (C=O) groups is 1. The minimum absolute atomic E-state index is 0.102. The van der Waals surface area contributed by atoms with Gasteiger partial charge in [-0.15, -0.1) is 0 Å². The van der Waals surface area contributed by atoms with Crippen molar-refractivity contribution in [3.05, 3.63) is 114 Å². The third kappa shape index (κ3) is 4.65. The van der Waals surface area contributed by atoms with E-state index in [2.05, 4.69) is 5.10 Å². The van der Waals surface area contributed by atoms with Gasteiger partial charge in [0, 0.05) is 10.9 Å². The van der Waals surface area contributed by atoms with Crippen molar-refractivity contribution in [1.82, 2.24) is 9.78 Å². The Morgan fingerprint density at radius 1 is 0.833 bits per heavy atom. The van der Waals surface area contributed by atoms with Crippen LogP contribution in [0.1, 0.15) is 21.5 Å². The Hall–Kier alpha value is -4.59. The maximum atomic E-state index is 13.7. The van der Waals surface area contributed by atoms with Crippen LogP contribution in [0.3, 0.4) is 0 Å². The number of hydrogen-bond acceptors (Lipinski definition) is 3. The van der Waals surface area contributed by atoms with Crippen LogP contribution < -0.4 is 4.74 Å². The summed E-state index contributed by atoms with van der Waals surface area (Å²) < 4.78 is 48.5. The number of hydrogen-bond donors (Lipinski definition) is 1. The summed E-state index contributed by atoms with van der Waals surface area (Å²) in [5.74, 6) is -0.0719. The molecule has 8 heteroatoms. The molecule has 5 aromatic rings. The van der Waals surface area contributed by atoms with Gasteiger partial charge in [-0.1, -0.05) is 42.5 Å². The molecular weight excluding hydrogens is 469 g/mol. The molecule has 0 spiro atoms. The molecule has 0 saturated heterocycles. The Morgan fingerprint density at radius 2 is 1.47 bits per heavy atom. The van der Waals surface area contributed by atoms with Crippen LogP contribution in [0.5, 0.6) is 11.5 Å². The van der Waals surface area contributed by atoms with Gasteiger partial charge in [-0.2, -0.15) is 18.3 Å². The number of nitrogens with zero attached hydrogens (tertiary/aromatic N) is 2. The van der Waals surface area contributed by atoms with E-state index in [1.54, 1.807) is 47.1 Å². The summed E-state index contributed by atoms with van der Waals surface area (Å²) in [5, 5.41) is 13.8. The summed E-state index contributed by atoms with van der Waals surface area (Å²) >= 11 is 0. The second-order valence-corrected chi connectivity index (χ2v) is 8.15. The fourth-order valence-electron chi connectivity index (χ4n) is 4.04. The molecule has 0 aliphatic rings. The number of alkyl halides is 3. The van der Waals surface area contributed by atoms with E-state index in [0.29, 0.717) is 34.7 Å². The highest BCUT2D eigenvalue weighted by atomic mass is 19.4. The van der Waals surface area contributed by atoms with Crippen molar-refractivity contribution in [3.63, 3.8) is 0 Å². The number of carboxylic acids is 1. The van der Waals surface area contributed by atoms with Crippen LogP contribution in [0, 0.1) is 0 Å². The summed E-state index contributed by atoms with van der Waals surface area (Å²) in [6.07, 6.45) is -4.53. The van der Waals surface area contributed by atoms with Crippen molar-refractivity contribution in [3.8, 4) is 22.8 Å². The number of ether oxygens (including phenoxy) is 1. The first-order chi connectivity index (χ1) is 17.3. The number of carboxylic acid groups (broad SMARTS) is 1. The first kappa shape index (κ1) is 23.2. The molecule has 0 radical (unpaired) electrons. The molecule has 5 rings (SSSR count). The highest BCUT2D eigenvalue weighted by molar-refractivity contribution is 5.95. The molecule has 4 aromatic carbocycles. The van der Waals surface area contributed by atoms with Gasteiger partial charge in [0.05, 0.1) is 23.4 Å². The Morgan fingerprint density at radius 3 is 2.08 bits per heavy atom. The molecule has 0 fully saturated rings. The van der Waals surface area contributed by atoms with Gasteiger partial charge in [0.2, 0.25) is 0 Å². The van der Waals surface area contributed by atoms with E-state index in [1.807, 2.05) is 30.3 Å². The summed E-state index contributed by atoms with van der Waals surface area (Å²) in [7, 11) is 0. The molecule has 0 aliphatic heterocycles. The maximum Gasteiger partial charge on any atom is 0.418 e. The lowest BCUT2D eigenvalue weighted by Gasteiger charge is -2.10. The van der Waals surface area contributed by atoms with Gasteiger partial charge < -0.3 is 9.84 Å². The van der Waals surface area contributed by atoms with Crippen LogP contribution in [0.15, 0.2) is 97.1 Å². The summed E-state index contributed by atoms with van der Waals surface area (Å²) in [5.41, 5.74) is 1.42. The second-order valence-electron chi connectivity index (χ2n) is 8.15. The monoisotopic (exact) mass is 488 g/mol. The standard InChI is InChI=1S/C28H19F3N2O3/c29-28(30,31)24-8-4-7-23-25(24)32-33(17-18-5-2-1-3-6-18)26(23)19-9-13-21(14-10-19)36-22-15-11-20(12-16-22)27(34)35/h1-16H,17H2,(H,34,35). The molecule has 36 heavy (non-hydrogen) atoms. The molecule has 5 nitrogen and oxygen atoms in total. The first-order valence-electron chi connectivity index (χ1n) is 11.0. The van der Waals surface area contributed by atoms with Crippen molar-refractivity contribution in [2.45, 2.75) is 12.7 Å². The van der Waals surface area contributed by atoms with Crippen molar-refractivity contribution < 1.29 is 27.8 Å². The molecule has 0 bridgehead atoms. The zero-order chi connectivity index (χ0) is 25.3. The fourth-order valence-corrected chi connectivity index (χ4v) is 4.04. The van der Waals surface area contributed by atoms with Crippen LogP contribution in [-0.4, -0.2) is 20.9 Å². The Kier molecular flexibility index (Phi) is 5.93. The van der Waals surface area contributed by atoms with E-state index in [-0.39, 0.29) is 11.1 Å². The van der Waals surface area contributed by atoms with E-state index in [9.17, 15) is 18.0 Å². The van der Waals surface area contributed by atoms with E-state index in [1.165, 1.54) is 18.2 Å². The van der Waals surface area contributed by atoms with Gasteiger partial charge in [-0.05, 0) is 60.2 Å². The van der Waals surface area contributed by atoms with E-state index < -0.39 is 17.7 Å². The minimum Gasteiger partial charge on any atom is -0.478 e. The fraction of sp³-hybridized carbons (Fsp3) is 0.0714. The molecule has 0 aliphatic carbocycles. The normalized spacial score (nSPS) is 11.5. The Bertz CT molecular complexity index is 1530. The molecule has 1 heterocycles. The predicted molar refractivity (Wildman–Crippen MR) is 129 cm³/mol. The number of benzene rings is 4. The van der Waals surface area contributed by atoms with Crippen molar-refractivity contribution in [2.24, 2.45) is 0 Å². The van der Waals surface area contributed by atoms with E-state index in [4.69, 9.17) is 9.84 Å². The summed E-state index contributed by atoms with van der Waals surface area (Å²) in [6.45, 7) is 0.302. The zero-order valence-electron chi connectivity index (χ0n) is 18.7. The minimum atomic E-state index is -4.53. The van der Waals surface area contributed by atoms with E-state index >= 15 is 0 Å². The van der Waals surface area contributed by atoms with Gasteiger partial charge in [0.1, 0.15) is 17.0 Å². The second kappa shape index (κ2) is 9.22. The number of aromatic carboxylic acids is 1. The number of aromatic nitrogens is 2. The summed E-state index contributed by atoms with van der Waals surface area (Å²) in [6, 6.07) is 26.4. The summed E-state index contributed by atoms with van der Waals surface area (Å²) in [4.78, 5) is 11.0. The molecule has 0 saturated carbocycles. The average molecular weight is 488 g/mol. The average Bonchev–Trinajstić information content (AvgIpc) is 3.22. The zero-order valence-corrected chi connectivity index (χ0v) is 18.7. The number of rotatable bonds is 6. The molecular formula is C28H19F3N2O3. The lowest BCUT2D eigenvalue weighted by Crippen LogP contribution is -2.06. The Balaban J connectivity index is 1.54. The van der Waals surface area contributed by atoms with Gasteiger partial charge in [-0.3, -0.25) is 4.68 Å². The number of halogens is 3. The number of fused-ring (bicyclic) bond motifs is 1. The smallest absolute Gasteiger partial charge is 0.418 e. The van der Waals surface area contributed by atoms with Crippen LogP contribution in [0.2, 0.25) is 0 Å². The van der Waals surface area contributed by atoms with Crippen molar-refractivity contribution in [1.29, 1.82) is 0 Å². The SMILES string of the molecule is O=C(O)c1ccc(Oc2ccc(-c3c4cccc(C(F)(F)F)c4nn3Cc3ccccc3)cc2)cc1. The predicted octanol–water partition coefficient (Wildman–Crippen LogP) is 7.26. The largest absolute Gasteiger partial charge is 0.478 e. The van der Waals surface area contributed by atoms with Crippen LogP contribution >= 0.6 is 0 Å². The van der Waals surface area contributed by atoms with Gasteiger partial charge in [0.25, 0.3) is 0 Å². The van der Waals surface area contributed by atoms with Crippen molar-refractivity contribution in [2.75, 3.05) is 0 Å². The highest BCUT2D eigenvalue weighted by Gasteiger charge is 2.34. The third-order valence-corrected chi connectivity index (χ3v) is 5.72. The molecule has 0 amide bonds. The molecule has 1 N–H and O–H groups in total. The Labute approximate surface area is 204 Å². The highest BCUT2D eigenvalue weighted by Crippen LogP contribution is 2.38. The van der Waals surface area contributed by atoms with Gasteiger partial charge in [0.15, 0.2) is 0 Å². The third-order valence-electron chi connectivity index (χ3n) is 5.72. The lowest BCUT2D eigenvalue weighted by molar-refractivity contribution is -0.136. The van der Waals surface area contributed by atoms with Crippen LogP contribution in [0.25, 0.3) is 22.2 Å². The van der Waals surface area contributed by atoms with E-state index in [0.717, 1.165) is 11.6 Å². The van der Waals surface area contributed by atoms with Gasteiger partial charge >= 0.3 is 12.1 Å². The molecule has 0 unspecified atom stereocenters. The molecule has 180 valence electrons. The van der Waals surface area contributed by atoms with Crippen LogP contribution in [0.4, 0.5) is 13.2 Å². The van der Waals surface area contributed by atoms with Crippen LogP contribution in [-0.2, 0) is 12.7 Å². The first-order valence-corrected chi connectivity index (χ1v) is 11.0. The topological polar surface area (TPSA) is 64.3 Å². The van der Waals surface area contributed by atoms with Gasteiger partial charge in [-0.25, -0.2) is 4.79 Å². The molecule has 1 aromatic heterocycles. The maximum absolute atomic E-state index is 13.7.